The zero-order chi connectivity index (χ0) is 25.4. The number of rotatable bonds is 10. The van der Waals surface area contributed by atoms with Gasteiger partial charge >= 0.3 is 10.1 Å². The molecule has 8 nitrogen and oxygen atoms in total. The molecule has 0 bridgehead atoms. The van der Waals surface area contributed by atoms with Gasteiger partial charge in [0.25, 0.3) is 5.91 Å². The van der Waals surface area contributed by atoms with Gasteiger partial charge in [0, 0.05) is 15.6 Å². The second-order valence-corrected chi connectivity index (χ2v) is 9.91. The van der Waals surface area contributed by atoms with Gasteiger partial charge in [0.1, 0.15) is 4.90 Å². The lowest BCUT2D eigenvalue weighted by atomic mass is 10.2. The molecule has 0 aliphatic rings. The first-order chi connectivity index (χ1) is 16.7. The van der Waals surface area contributed by atoms with Gasteiger partial charge in [0.05, 0.1) is 19.9 Å². The van der Waals surface area contributed by atoms with Gasteiger partial charge in [-0.25, -0.2) is 5.43 Å². The first-order valence-electron chi connectivity index (χ1n) is 10.7. The van der Waals surface area contributed by atoms with Crippen molar-refractivity contribution in [1.29, 1.82) is 0 Å². The molecule has 0 aliphatic carbocycles. The molecule has 3 aromatic rings. The van der Waals surface area contributed by atoms with E-state index in [1.165, 1.54) is 31.5 Å². The predicted molar refractivity (Wildman–Crippen MR) is 137 cm³/mol. The highest BCUT2D eigenvalue weighted by Gasteiger charge is 2.18. The normalized spacial score (nSPS) is 11.3. The van der Waals surface area contributed by atoms with Crippen LogP contribution >= 0.6 is 15.9 Å². The van der Waals surface area contributed by atoms with E-state index in [2.05, 4.69) is 26.5 Å². The Bertz CT molecular complexity index is 1320. The number of nitrogens with zero attached hydrogens (tertiary/aromatic N) is 1. The molecule has 3 aromatic carbocycles. The lowest BCUT2D eigenvalue weighted by Gasteiger charge is -2.11. The van der Waals surface area contributed by atoms with Gasteiger partial charge < -0.3 is 13.7 Å². The molecule has 3 rings (SSSR count). The number of benzene rings is 3. The molecule has 1 N–H and O–H groups in total. The first kappa shape index (κ1) is 26.2. The second-order valence-electron chi connectivity index (χ2n) is 7.45. The third-order valence-electron chi connectivity index (χ3n) is 4.74. The summed E-state index contributed by atoms with van der Waals surface area (Å²) in [5.74, 6) is 0.552. The van der Waals surface area contributed by atoms with Crippen LogP contribution in [-0.4, -0.2) is 34.3 Å². The maximum Gasteiger partial charge on any atom is 0.339 e. The molecule has 0 spiro atoms. The quantitative estimate of drug-likeness (QED) is 0.210. The fourth-order valence-electron chi connectivity index (χ4n) is 2.93. The van der Waals surface area contributed by atoms with Crippen molar-refractivity contribution in [2.24, 2.45) is 5.10 Å². The van der Waals surface area contributed by atoms with Crippen LogP contribution in [0.25, 0.3) is 0 Å². The van der Waals surface area contributed by atoms with E-state index in [1.807, 2.05) is 13.8 Å². The zero-order valence-corrected chi connectivity index (χ0v) is 21.9. The molecule has 0 saturated heterocycles. The molecule has 0 atom stereocenters. The van der Waals surface area contributed by atoms with Gasteiger partial charge in [0.15, 0.2) is 17.2 Å². The molecule has 0 aromatic heterocycles. The molecular weight excluding hydrogens is 536 g/mol. The summed E-state index contributed by atoms with van der Waals surface area (Å²) in [6, 6.07) is 15.9. The maximum atomic E-state index is 12.7. The van der Waals surface area contributed by atoms with Crippen LogP contribution in [0.3, 0.4) is 0 Å². The van der Waals surface area contributed by atoms with E-state index in [9.17, 15) is 13.2 Å². The fraction of sp³-hybridized carbons (Fsp3) is 0.200. The smallest absolute Gasteiger partial charge is 0.339 e. The number of methoxy groups -OCH3 is 1. The summed E-state index contributed by atoms with van der Waals surface area (Å²) in [5.41, 5.74) is 4.01. The molecular formula is C25H25BrN2O6S. The van der Waals surface area contributed by atoms with Crippen LogP contribution < -0.4 is 19.1 Å². The monoisotopic (exact) mass is 560 g/mol. The Kier molecular flexibility index (Phi) is 8.89. The van der Waals surface area contributed by atoms with Crippen molar-refractivity contribution >= 4 is 38.2 Å². The molecule has 0 fully saturated rings. The summed E-state index contributed by atoms with van der Waals surface area (Å²) in [5, 5.41) is 3.97. The van der Waals surface area contributed by atoms with Crippen molar-refractivity contribution in [2.45, 2.75) is 25.2 Å². The Hall–Kier alpha value is -3.37. The minimum atomic E-state index is -4.06. The average Bonchev–Trinajstić information content (AvgIpc) is 2.84. The van der Waals surface area contributed by atoms with Gasteiger partial charge in [-0.05, 0) is 61.9 Å². The Morgan fingerprint density at radius 1 is 1.03 bits per heavy atom. The molecule has 10 heteroatoms. The number of hydrogen-bond donors (Lipinski definition) is 1. The molecule has 184 valence electrons. The number of hydrazone groups is 1. The standard InChI is InChI=1S/C25H25BrN2O6S/c1-4-13-33-23-11-7-18(15-24(23)32-3)25(29)28-27-16-19-14-20(26)8-12-22(19)34-35(30,31)21-9-5-17(2)6-10-21/h5-12,14-16H,4,13H2,1-3H3,(H,28,29)/b27-16+. The number of ether oxygens (including phenoxy) is 2. The number of carbonyl (C=O) groups excluding carboxylic acids is 1. The summed E-state index contributed by atoms with van der Waals surface area (Å²) in [6.07, 6.45) is 2.15. The summed E-state index contributed by atoms with van der Waals surface area (Å²) < 4.78 is 42.3. The van der Waals surface area contributed by atoms with Crippen molar-refractivity contribution < 1.29 is 26.9 Å². The van der Waals surface area contributed by atoms with Crippen LogP contribution in [0.4, 0.5) is 0 Å². The van der Waals surface area contributed by atoms with Gasteiger partial charge in [0.2, 0.25) is 0 Å². The van der Waals surface area contributed by atoms with Crippen LogP contribution in [-0.2, 0) is 10.1 Å². The Morgan fingerprint density at radius 2 is 1.74 bits per heavy atom. The van der Waals surface area contributed by atoms with Crippen LogP contribution in [0.1, 0.15) is 34.8 Å². The minimum Gasteiger partial charge on any atom is -0.493 e. The number of aryl methyl sites for hydroxylation is 1. The van der Waals surface area contributed by atoms with E-state index in [-0.39, 0.29) is 10.6 Å². The van der Waals surface area contributed by atoms with Crippen LogP contribution in [0.2, 0.25) is 0 Å². The second kappa shape index (κ2) is 11.9. The highest BCUT2D eigenvalue weighted by molar-refractivity contribution is 9.10. The van der Waals surface area contributed by atoms with Crippen LogP contribution in [0, 0.1) is 6.92 Å². The van der Waals surface area contributed by atoms with E-state index in [1.54, 1.807) is 42.5 Å². The molecule has 0 radical (unpaired) electrons. The SMILES string of the molecule is CCCOc1ccc(C(=O)N/N=C/c2cc(Br)ccc2OS(=O)(=O)c2ccc(C)cc2)cc1OC. The summed E-state index contributed by atoms with van der Waals surface area (Å²) in [6.45, 7) is 4.38. The largest absolute Gasteiger partial charge is 0.493 e. The topological polar surface area (TPSA) is 103 Å². The summed E-state index contributed by atoms with van der Waals surface area (Å²) >= 11 is 3.35. The van der Waals surface area contributed by atoms with Crippen LogP contribution in [0.15, 0.2) is 75.1 Å². The van der Waals surface area contributed by atoms with Crippen molar-refractivity contribution in [3.8, 4) is 17.2 Å². The van der Waals surface area contributed by atoms with Gasteiger partial charge in [-0.3, -0.25) is 4.79 Å². The molecule has 1 amide bonds. The maximum absolute atomic E-state index is 12.7. The lowest BCUT2D eigenvalue weighted by Crippen LogP contribution is -2.18. The van der Waals surface area contributed by atoms with E-state index < -0.39 is 16.0 Å². The summed E-state index contributed by atoms with van der Waals surface area (Å²) in [4.78, 5) is 12.6. The third-order valence-corrected chi connectivity index (χ3v) is 6.48. The first-order valence-corrected chi connectivity index (χ1v) is 12.9. The number of amides is 1. The Balaban J connectivity index is 1.76. The van der Waals surface area contributed by atoms with E-state index in [0.717, 1.165) is 12.0 Å². The van der Waals surface area contributed by atoms with E-state index in [0.29, 0.717) is 33.7 Å². The van der Waals surface area contributed by atoms with Gasteiger partial charge in [-0.15, -0.1) is 0 Å². The highest BCUT2D eigenvalue weighted by atomic mass is 79.9. The highest BCUT2D eigenvalue weighted by Crippen LogP contribution is 2.28. The third kappa shape index (κ3) is 7.06. The average molecular weight is 561 g/mol. The number of hydrogen-bond acceptors (Lipinski definition) is 7. The number of nitrogens with one attached hydrogen (secondary N) is 1. The van der Waals surface area contributed by atoms with Gasteiger partial charge in [-0.1, -0.05) is 40.5 Å². The summed E-state index contributed by atoms with van der Waals surface area (Å²) in [7, 11) is -2.56. The van der Waals surface area contributed by atoms with Crippen molar-refractivity contribution in [3.63, 3.8) is 0 Å². The van der Waals surface area contributed by atoms with Gasteiger partial charge in [-0.2, -0.15) is 13.5 Å². The molecule has 0 aliphatic heterocycles. The van der Waals surface area contributed by atoms with Crippen LogP contribution in [0.5, 0.6) is 17.2 Å². The predicted octanol–water partition coefficient (Wildman–Crippen LogP) is 5.09. The zero-order valence-electron chi connectivity index (χ0n) is 19.4. The Labute approximate surface area is 213 Å². The molecule has 0 saturated carbocycles. The number of carbonyl (C=O) groups is 1. The molecule has 0 heterocycles. The molecule has 35 heavy (non-hydrogen) atoms. The molecule has 0 unspecified atom stereocenters. The van der Waals surface area contributed by atoms with Crippen molar-refractivity contribution in [2.75, 3.05) is 13.7 Å². The lowest BCUT2D eigenvalue weighted by molar-refractivity contribution is 0.0954. The van der Waals surface area contributed by atoms with Crippen molar-refractivity contribution in [1.82, 2.24) is 5.43 Å². The fourth-order valence-corrected chi connectivity index (χ4v) is 4.27. The van der Waals surface area contributed by atoms with E-state index >= 15 is 0 Å². The van der Waals surface area contributed by atoms with Crippen molar-refractivity contribution in [3.05, 3.63) is 81.8 Å². The Morgan fingerprint density at radius 3 is 2.43 bits per heavy atom. The minimum absolute atomic E-state index is 0.0301. The number of halogens is 1. The van der Waals surface area contributed by atoms with E-state index in [4.69, 9.17) is 13.7 Å².